The van der Waals surface area contributed by atoms with Crippen LogP contribution in [0, 0.1) is 5.92 Å². The van der Waals surface area contributed by atoms with Crippen molar-refractivity contribution in [2.24, 2.45) is 5.92 Å². The van der Waals surface area contributed by atoms with Crippen LogP contribution in [-0.4, -0.2) is 37.6 Å². The fourth-order valence-corrected chi connectivity index (χ4v) is 2.36. The third kappa shape index (κ3) is 7.16. The molecule has 0 amide bonds. The van der Waals surface area contributed by atoms with E-state index in [9.17, 15) is 4.79 Å². The summed E-state index contributed by atoms with van der Waals surface area (Å²) in [5.74, 6) is 0.575. The van der Waals surface area contributed by atoms with Crippen molar-refractivity contribution in [2.45, 2.75) is 39.0 Å². The van der Waals surface area contributed by atoms with E-state index >= 15 is 0 Å². The number of hydrogen-bond acceptors (Lipinski definition) is 3. The summed E-state index contributed by atoms with van der Waals surface area (Å²) in [4.78, 5) is 13.5. The Bertz CT molecular complexity index is 310. The van der Waals surface area contributed by atoms with Crippen LogP contribution in [0.3, 0.4) is 0 Å². The van der Waals surface area contributed by atoms with Crippen molar-refractivity contribution in [1.29, 1.82) is 0 Å². The number of unbranched alkanes of at least 4 members (excludes halogenated alkanes) is 2. The molecule has 1 aliphatic rings. The number of carbonyl (C=O) groups is 1. The van der Waals surface area contributed by atoms with Crippen LogP contribution in [0.1, 0.15) is 39.0 Å². The number of rotatable bonds is 9. The molecule has 0 aromatic heterocycles. The molecule has 0 bridgehead atoms. The number of esters is 1. The standard InChI is InChI=1S/C16H27NO2/c1-3-17(14-15-10-6-4-7-11-15)13-9-5-8-12-16(18)19-2/h4,6-7,10,15H,3,5,8-9,11-14H2,1-2H3. The molecular weight excluding hydrogens is 238 g/mol. The molecule has 1 aliphatic carbocycles. The van der Waals surface area contributed by atoms with E-state index in [4.69, 9.17) is 0 Å². The first-order valence-corrected chi connectivity index (χ1v) is 7.38. The van der Waals surface area contributed by atoms with Gasteiger partial charge in [0.1, 0.15) is 0 Å². The summed E-state index contributed by atoms with van der Waals surface area (Å²) >= 11 is 0. The molecule has 19 heavy (non-hydrogen) atoms. The molecule has 1 atom stereocenters. The Labute approximate surface area is 117 Å². The lowest BCUT2D eigenvalue weighted by Crippen LogP contribution is -2.30. The van der Waals surface area contributed by atoms with E-state index in [0.717, 1.165) is 45.3 Å². The van der Waals surface area contributed by atoms with Crippen LogP contribution in [0.2, 0.25) is 0 Å². The highest BCUT2D eigenvalue weighted by Gasteiger charge is 2.10. The van der Waals surface area contributed by atoms with Crippen molar-refractivity contribution in [1.82, 2.24) is 4.90 Å². The highest BCUT2D eigenvalue weighted by Crippen LogP contribution is 2.13. The fourth-order valence-electron chi connectivity index (χ4n) is 2.36. The largest absolute Gasteiger partial charge is 0.469 e. The molecule has 0 saturated heterocycles. The maximum absolute atomic E-state index is 11.0. The molecule has 0 spiro atoms. The summed E-state index contributed by atoms with van der Waals surface area (Å²) < 4.78 is 4.64. The Morgan fingerprint density at radius 1 is 1.32 bits per heavy atom. The van der Waals surface area contributed by atoms with Crippen molar-refractivity contribution in [2.75, 3.05) is 26.7 Å². The molecule has 0 aliphatic heterocycles. The molecule has 1 rings (SSSR count). The predicted octanol–water partition coefficient (Wildman–Crippen LogP) is 3.17. The second-order valence-electron chi connectivity index (χ2n) is 5.09. The molecule has 108 valence electrons. The molecule has 0 radical (unpaired) electrons. The summed E-state index contributed by atoms with van der Waals surface area (Å²) in [6, 6.07) is 0. The second kappa shape index (κ2) is 9.79. The van der Waals surface area contributed by atoms with Gasteiger partial charge in [-0.15, -0.1) is 0 Å². The SMILES string of the molecule is CCN(CCCCCC(=O)OC)CC1C=CC=CC1. The topological polar surface area (TPSA) is 29.5 Å². The van der Waals surface area contributed by atoms with Gasteiger partial charge in [0.15, 0.2) is 0 Å². The van der Waals surface area contributed by atoms with Gasteiger partial charge in [-0.2, -0.15) is 0 Å². The number of methoxy groups -OCH3 is 1. The van der Waals surface area contributed by atoms with Crippen LogP contribution >= 0.6 is 0 Å². The molecule has 1 unspecified atom stereocenters. The molecule has 0 saturated carbocycles. The number of ether oxygens (including phenoxy) is 1. The number of nitrogens with zero attached hydrogens (tertiary/aromatic N) is 1. The molecule has 0 aromatic carbocycles. The minimum atomic E-state index is -0.0912. The molecule has 0 fully saturated rings. The lowest BCUT2D eigenvalue weighted by atomic mass is 10.00. The van der Waals surface area contributed by atoms with Crippen LogP contribution in [0.4, 0.5) is 0 Å². The predicted molar refractivity (Wildman–Crippen MR) is 79.0 cm³/mol. The molecular formula is C16H27NO2. The van der Waals surface area contributed by atoms with Gasteiger partial charge in [-0.05, 0) is 38.3 Å². The van der Waals surface area contributed by atoms with E-state index in [1.54, 1.807) is 0 Å². The first kappa shape index (κ1) is 16.0. The zero-order valence-corrected chi connectivity index (χ0v) is 12.3. The first-order valence-electron chi connectivity index (χ1n) is 7.38. The van der Waals surface area contributed by atoms with Crippen molar-refractivity contribution >= 4 is 5.97 Å². The lowest BCUT2D eigenvalue weighted by Gasteiger charge is -2.25. The smallest absolute Gasteiger partial charge is 0.305 e. The van der Waals surface area contributed by atoms with Crippen LogP contribution in [0.25, 0.3) is 0 Å². The van der Waals surface area contributed by atoms with Crippen molar-refractivity contribution < 1.29 is 9.53 Å². The van der Waals surface area contributed by atoms with Crippen molar-refractivity contribution in [3.63, 3.8) is 0 Å². The number of allylic oxidation sites excluding steroid dienone is 3. The van der Waals surface area contributed by atoms with Gasteiger partial charge in [0, 0.05) is 13.0 Å². The third-order valence-electron chi connectivity index (χ3n) is 3.59. The molecule has 0 heterocycles. The van der Waals surface area contributed by atoms with Gasteiger partial charge in [0.25, 0.3) is 0 Å². The van der Waals surface area contributed by atoms with E-state index in [2.05, 4.69) is 40.9 Å². The Kier molecular flexibility index (Phi) is 8.23. The maximum Gasteiger partial charge on any atom is 0.305 e. The summed E-state index contributed by atoms with van der Waals surface area (Å²) in [5.41, 5.74) is 0. The zero-order chi connectivity index (χ0) is 13.9. The summed E-state index contributed by atoms with van der Waals surface area (Å²) in [5, 5.41) is 0. The van der Waals surface area contributed by atoms with Crippen molar-refractivity contribution in [3.05, 3.63) is 24.3 Å². The summed E-state index contributed by atoms with van der Waals surface area (Å²) in [6.07, 6.45) is 13.8. The normalized spacial score (nSPS) is 17.9. The minimum Gasteiger partial charge on any atom is -0.469 e. The fraction of sp³-hybridized carbons (Fsp3) is 0.688. The minimum absolute atomic E-state index is 0.0912. The Morgan fingerprint density at radius 2 is 2.16 bits per heavy atom. The number of carbonyl (C=O) groups excluding carboxylic acids is 1. The quantitative estimate of drug-likeness (QED) is 0.474. The Hall–Kier alpha value is -1.09. The van der Waals surface area contributed by atoms with E-state index < -0.39 is 0 Å². The average molecular weight is 265 g/mol. The second-order valence-corrected chi connectivity index (χ2v) is 5.09. The molecule has 3 nitrogen and oxygen atoms in total. The zero-order valence-electron chi connectivity index (χ0n) is 12.3. The van der Waals surface area contributed by atoms with E-state index in [-0.39, 0.29) is 5.97 Å². The van der Waals surface area contributed by atoms with Crippen LogP contribution < -0.4 is 0 Å². The Morgan fingerprint density at radius 3 is 2.79 bits per heavy atom. The van der Waals surface area contributed by atoms with Crippen LogP contribution in [0.15, 0.2) is 24.3 Å². The molecule has 3 heteroatoms. The summed E-state index contributed by atoms with van der Waals surface area (Å²) in [6.45, 7) is 5.60. The van der Waals surface area contributed by atoms with Crippen LogP contribution in [-0.2, 0) is 9.53 Å². The van der Waals surface area contributed by atoms with E-state index in [0.29, 0.717) is 12.3 Å². The molecule has 0 N–H and O–H groups in total. The average Bonchev–Trinajstić information content (AvgIpc) is 2.46. The lowest BCUT2D eigenvalue weighted by molar-refractivity contribution is -0.140. The van der Waals surface area contributed by atoms with Gasteiger partial charge in [-0.25, -0.2) is 0 Å². The highest BCUT2D eigenvalue weighted by molar-refractivity contribution is 5.68. The first-order chi connectivity index (χ1) is 9.26. The Balaban J connectivity index is 2.09. The van der Waals surface area contributed by atoms with Gasteiger partial charge >= 0.3 is 5.97 Å². The van der Waals surface area contributed by atoms with E-state index in [1.807, 2.05) is 0 Å². The van der Waals surface area contributed by atoms with Gasteiger partial charge in [0.2, 0.25) is 0 Å². The highest BCUT2D eigenvalue weighted by atomic mass is 16.5. The van der Waals surface area contributed by atoms with E-state index in [1.165, 1.54) is 7.11 Å². The summed E-state index contributed by atoms with van der Waals surface area (Å²) in [7, 11) is 1.45. The molecule has 0 aromatic rings. The van der Waals surface area contributed by atoms with Gasteiger partial charge in [-0.1, -0.05) is 37.6 Å². The van der Waals surface area contributed by atoms with Crippen LogP contribution in [0.5, 0.6) is 0 Å². The van der Waals surface area contributed by atoms with Gasteiger partial charge in [0.05, 0.1) is 7.11 Å². The maximum atomic E-state index is 11.0. The van der Waals surface area contributed by atoms with Crippen molar-refractivity contribution in [3.8, 4) is 0 Å². The third-order valence-corrected chi connectivity index (χ3v) is 3.59. The monoisotopic (exact) mass is 265 g/mol. The van der Waals surface area contributed by atoms with Gasteiger partial charge < -0.3 is 9.64 Å². The van der Waals surface area contributed by atoms with Gasteiger partial charge in [-0.3, -0.25) is 4.79 Å². The number of hydrogen-bond donors (Lipinski definition) is 0.